The number of hydrogen-bond acceptors (Lipinski definition) is 2. The summed E-state index contributed by atoms with van der Waals surface area (Å²) in [6.45, 7) is 0. The topological polar surface area (TPSA) is 66.0 Å². The normalized spacial score (nSPS) is 11.8. The van der Waals surface area contributed by atoms with Gasteiger partial charge in [0.25, 0.3) is 0 Å². The van der Waals surface area contributed by atoms with Gasteiger partial charge in [-0.15, -0.1) is 0 Å². The molecule has 3 aromatic rings. The van der Waals surface area contributed by atoms with Crippen LogP contribution in [0.25, 0.3) is 22.7 Å². The first-order valence-corrected chi connectivity index (χ1v) is 6.77. The van der Waals surface area contributed by atoms with Crippen LogP contribution in [0.5, 0.6) is 0 Å². The molecule has 0 unspecified atom stereocenters. The third-order valence-corrected chi connectivity index (χ3v) is 3.56. The number of fused-ring (bicyclic) bond motifs is 1. The van der Waals surface area contributed by atoms with E-state index in [0.717, 1.165) is 5.39 Å². The number of halogens is 2. The van der Waals surface area contributed by atoms with Crippen molar-refractivity contribution in [2.45, 2.75) is 0 Å². The van der Waals surface area contributed by atoms with Gasteiger partial charge in [-0.25, -0.2) is 14.2 Å². The second-order valence-corrected chi connectivity index (χ2v) is 5.01. The van der Waals surface area contributed by atoms with E-state index < -0.39 is 11.8 Å². The minimum Gasteiger partial charge on any atom is -0.478 e. The van der Waals surface area contributed by atoms with Crippen molar-refractivity contribution in [2.24, 2.45) is 0 Å². The lowest BCUT2D eigenvalue weighted by Crippen LogP contribution is -2.02. The molecule has 2 aromatic heterocycles. The summed E-state index contributed by atoms with van der Waals surface area (Å²) >= 11 is 5.96. The average molecular weight is 317 g/mol. The predicted octanol–water partition coefficient (Wildman–Crippen LogP) is 3.98. The molecule has 3 rings (SSSR count). The molecule has 0 aliphatic rings. The lowest BCUT2D eigenvalue weighted by Gasteiger charge is -2.06. The number of aliphatic carboxylic acids is 1. The van der Waals surface area contributed by atoms with Crippen LogP contribution in [0.2, 0.25) is 5.02 Å². The Morgan fingerprint density at radius 2 is 2.14 bits per heavy atom. The van der Waals surface area contributed by atoms with Crippen molar-refractivity contribution in [1.29, 1.82) is 0 Å². The van der Waals surface area contributed by atoms with E-state index in [0.29, 0.717) is 11.2 Å². The van der Waals surface area contributed by atoms with E-state index in [1.165, 1.54) is 24.3 Å². The van der Waals surface area contributed by atoms with Crippen molar-refractivity contribution in [3.8, 4) is 0 Å². The number of pyridine rings is 1. The van der Waals surface area contributed by atoms with Crippen LogP contribution in [0.3, 0.4) is 0 Å². The molecule has 6 heteroatoms. The van der Waals surface area contributed by atoms with Crippen molar-refractivity contribution in [3.63, 3.8) is 0 Å². The number of H-pyrrole nitrogens is 1. The highest BCUT2D eigenvalue weighted by Gasteiger charge is 2.19. The molecular weight excluding hydrogens is 307 g/mol. The summed E-state index contributed by atoms with van der Waals surface area (Å²) in [6, 6.07) is 7.59. The molecule has 0 amide bonds. The molecule has 0 radical (unpaired) electrons. The van der Waals surface area contributed by atoms with Crippen LogP contribution in [0.4, 0.5) is 4.39 Å². The number of carboxylic acids is 1. The van der Waals surface area contributed by atoms with Gasteiger partial charge in [0, 0.05) is 28.9 Å². The van der Waals surface area contributed by atoms with Crippen LogP contribution in [0.1, 0.15) is 11.1 Å². The molecule has 0 aliphatic carbocycles. The molecule has 0 saturated heterocycles. The van der Waals surface area contributed by atoms with Crippen LogP contribution < -0.4 is 0 Å². The summed E-state index contributed by atoms with van der Waals surface area (Å²) in [4.78, 5) is 18.6. The predicted molar refractivity (Wildman–Crippen MR) is 83.0 cm³/mol. The van der Waals surface area contributed by atoms with Crippen molar-refractivity contribution in [1.82, 2.24) is 9.97 Å². The highest BCUT2D eigenvalue weighted by Crippen LogP contribution is 2.30. The number of hydrogen-bond donors (Lipinski definition) is 2. The van der Waals surface area contributed by atoms with Gasteiger partial charge in [0.2, 0.25) is 0 Å². The summed E-state index contributed by atoms with van der Waals surface area (Å²) in [5, 5.41) is 10.2. The summed E-state index contributed by atoms with van der Waals surface area (Å²) in [5.41, 5.74) is 0.876. The Balaban J connectivity index is 2.22. The molecule has 22 heavy (non-hydrogen) atoms. The van der Waals surface area contributed by atoms with E-state index in [9.17, 15) is 14.3 Å². The molecule has 2 heterocycles. The molecule has 0 spiro atoms. The molecule has 0 fully saturated rings. The van der Waals surface area contributed by atoms with Crippen LogP contribution in [-0.4, -0.2) is 21.0 Å². The van der Waals surface area contributed by atoms with Gasteiger partial charge in [0.05, 0.1) is 10.6 Å². The largest absolute Gasteiger partial charge is 0.478 e. The molecule has 4 nitrogen and oxygen atoms in total. The number of aromatic nitrogens is 2. The minimum absolute atomic E-state index is 0.0478. The lowest BCUT2D eigenvalue weighted by atomic mass is 10.0. The summed E-state index contributed by atoms with van der Waals surface area (Å²) in [5.74, 6) is -1.94. The monoisotopic (exact) mass is 316 g/mol. The van der Waals surface area contributed by atoms with E-state index in [-0.39, 0.29) is 16.2 Å². The Morgan fingerprint density at radius 3 is 2.86 bits per heavy atom. The van der Waals surface area contributed by atoms with Crippen molar-refractivity contribution in [3.05, 3.63) is 64.7 Å². The molecular formula is C16H10ClFN2O2. The van der Waals surface area contributed by atoms with Crippen LogP contribution >= 0.6 is 11.6 Å². The fourth-order valence-corrected chi connectivity index (χ4v) is 2.51. The number of benzene rings is 1. The third-order valence-electron chi connectivity index (χ3n) is 3.25. The molecule has 2 N–H and O–H groups in total. The number of rotatable bonds is 3. The smallest absolute Gasteiger partial charge is 0.336 e. The summed E-state index contributed by atoms with van der Waals surface area (Å²) < 4.78 is 14.0. The van der Waals surface area contributed by atoms with E-state index in [1.54, 1.807) is 24.5 Å². The Labute approximate surface area is 129 Å². The molecule has 110 valence electrons. The Kier molecular flexibility index (Phi) is 3.65. The number of carboxylic acid groups (broad SMARTS) is 1. The van der Waals surface area contributed by atoms with Crippen molar-refractivity contribution in [2.75, 3.05) is 0 Å². The van der Waals surface area contributed by atoms with Crippen LogP contribution in [-0.2, 0) is 4.79 Å². The second-order valence-electron chi connectivity index (χ2n) is 4.60. The SMILES string of the molecule is O=C(O)/C(=C\c1c[nH]c2ncccc12)c1c(F)cccc1Cl. The molecule has 0 aliphatic heterocycles. The number of carbonyl (C=O) groups is 1. The molecule has 1 aromatic carbocycles. The zero-order valence-corrected chi connectivity index (χ0v) is 11.9. The van der Waals surface area contributed by atoms with E-state index in [2.05, 4.69) is 9.97 Å². The van der Waals surface area contributed by atoms with Crippen molar-refractivity contribution >= 4 is 40.3 Å². The van der Waals surface area contributed by atoms with Gasteiger partial charge >= 0.3 is 5.97 Å². The van der Waals surface area contributed by atoms with Gasteiger partial charge in [-0.2, -0.15) is 0 Å². The van der Waals surface area contributed by atoms with Crippen LogP contribution in [0.15, 0.2) is 42.7 Å². The maximum absolute atomic E-state index is 14.0. The zero-order valence-electron chi connectivity index (χ0n) is 11.2. The molecule has 0 atom stereocenters. The van der Waals surface area contributed by atoms with Crippen molar-refractivity contribution < 1.29 is 14.3 Å². The van der Waals surface area contributed by atoms with Gasteiger partial charge in [-0.05, 0) is 30.3 Å². The molecule has 0 bridgehead atoms. The lowest BCUT2D eigenvalue weighted by molar-refractivity contribution is -0.130. The number of nitrogens with zero attached hydrogens (tertiary/aromatic N) is 1. The maximum Gasteiger partial charge on any atom is 0.336 e. The zero-order chi connectivity index (χ0) is 15.7. The van der Waals surface area contributed by atoms with E-state index >= 15 is 0 Å². The Morgan fingerprint density at radius 1 is 1.32 bits per heavy atom. The summed E-state index contributed by atoms with van der Waals surface area (Å²) in [6.07, 6.45) is 4.63. The molecule has 0 saturated carbocycles. The average Bonchev–Trinajstić information content (AvgIpc) is 2.89. The standard InChI is InChI=1S/C16H10ClFN2O2/c17-12-4-1-5-13(18)14(12)11(16(21)22)7-9-8-20-15-10(9)3-2-6-19-15/h1-8H,(H,19,20)(H,21,22)/b11-7-. The summed E-state index contributed by atoms with van der Waals surface area (Å²) in [7, 11) is 0. The van der Waals surface area contributed by atoms with Crippen LogP contribution in [0, 0.1) is 5.82 Å². The number of nitrogens with one attached hydrogen (secondary N) is 1. The quantitative estimate of drug-likeness (QED) is 0.718. The first-order valence-electron chi connectivity index (χ1n) is 6.39. The van der Waals surface area contributed by atoms with Gasteiger partial charge in [0.15, 0.2) is 0 Å². The maximum atomic E-state index is 14.0. The fraction of sp³-hybridized carbons (Fsp3) is 0. The highest BCUT2D eigenvalue weighted by molar-refractivity contribution is 6.35. The first-order chi connectivity index (χ1) is 10.6. The van der Waals surface area contributed by atoms with E-state index in [1.807, 2.05) is 0 Å². The van der Waals surface area contributed by atoms with Gasteiger partial charge in [-0.3, -0.25) is 0 Å². The fourth-order valence-electron chi connectivity index (χ4n) is 2.25. The van der Waals surface area contributed by atoms with Gasteiger partial charge in [-0.1, -0.05) is 17.7 Å². The Hall–Kier alpha value is -2.66. The second kappa shape index (κ2) is 5.61. The van der Waals surface area contributed by atoms with Gasteiger partial charge < -0.3 is 10.1 Å². The first kappa shape index (κ1) is 14.3. The minimum atomic E-state index is -1.26. The highest BCUT2D eigenvalue weighted by atomic mass is 35.5. The van der Waals surface area contributed by atoms with Gasteiger partial charge in [0.1, 0.15) is 11.5 Å². The third kappa shape index (κ3) is 2.46. The number of aromatic amines is 1. The van der Waals surface area contributed by atoms with E-state index in [4.69, 9.17) is 11.6 Å². The Bertz CT molecular complexity index is 882.